The molecule has 0 rings (SSSR count). The number of hydrogen-bond donors (Lipinski definition) is 1. The molecule has 0 aromatic heterocycles. The second-order valence-electron chi connectivity index (χ2n) is 0.519. The van der Waals surface area contributed by atoms with Gasteiger partial charge in [-0.2, -0.15) is 0 Å². The van der Waals surface area contributed by atoms with Gasteiger partial charge in [-0.05, 0) is 0 Å². The van der Waals surface area contributed by atoms with Crippen LogP contribution >= 0.6 is 0 Å². The topological polar surface area (TPSA) is 37.3 Å². The molecule has 0 bridgehead atoms. The van der Waals surface area contributed by atoms with E-state index in [1.807, 2.05) is 0 Å². The maximum atomic E-state index is 9.00. The fraction of sp³-hybridized carbons (Fsp3) is 0.500. The Morgan fingerprint density at radius 2 is 1.67 bits per heavy atom. The Balaban J connectivity index is -0.0000000450. The van der Waals surface area contributed by atoms with Gasteiger partial charge in [0.2, 0.25) is 0 Å². The van der Waals surface area contributed by atoms with Crippen LogP contribution < -0.4 is 0 Å². The van der Waals surface area contributed by atoms with Crippen LogP contribution in [-0.4, -0.2) is 11.1 Å². The van der Waals surface area contributed by atoms with Crippen molar-refractivity contribution in [3.05, 3.63) is 0 Å². The molecule has 1 N–H and O–H groups in total. The average molecular weight is 312 g/mol. The van der Waals surface area contributed by atoms with E-state index in [1.165, 1.54) is 0 Å². The smallest absolute Gasteiger partial charge is 0.300 e. The zero-order valence-corrected chi connectivity index (χ0v) is 6.38. The van der Waals surface area contributed by atoms with E-state index in [0.29, 0.717) is 0 Å². The summed E-state index contributed by atoms with van der Waals surface area (Å²) >= 11 is 0. The van der Waals surface area contributed by atoms with Gasteiger partial charge in [-0.15, -0.1) is 0 Å². The van der Waals surface area contributed by atoms with Crippen molar-refractivity contribution < 1.29 is 49.3 Å². The van der Waals surface area contributed by atoms with Crippen molar-refractivity contribution in [3.63, 3.8) is 0 Å². The van der Waals surface area contributed by atoms with Gasteiger partial charge >= 0.3 is 0 Å². The first-order valence-corrected chi connectivity index (χ1v) is 0.928. The molecule has 0 fully saturated rings. The van der Waals surface area contributed by atoms with Crippen molar-refractivity contribution in [2.75, 3.05) is 0 Å². The first-order valence-electron chi connectivity index (χ1n) is 0.928. The number of hydrogen-bond acceptors (Lipinski definition) is 1. The van der Waals surface area contributed by atoms with Gasteiger partial charge in [0.1, 0.15) is 0 Å². The van der Waals surface area contributed by atoms with Gasteiger partial charge in [0, 0.05) is 46.4 Å². The van der Waals surface area contributed by atoms with E-state index < -0.39 is 5.97 Å². The van der Waals surface area contributed by atoms with Crippen molar-refractivity contribution >= 4 is 5.97 Å². The van der Waals surface area contributed by atoms with Crippen molar-refractivity contribution in [1.82, 2.24) is 0 Å². The predicted octanol–water partition coefficient (Wildman–Crippen LogP) is 0.0859. The zero-order chi connectivity index (χ0) is 3.58. The number of aliphatic carboxylic acids is 1. The maximum Gasteiger partial charge on any atom is 0.300 e. The van der Waals surface area contributed by atoms with E-state index in [9.17, 15) is 0 Å². The SMILES string of the molecule is CC(=O)O.[Au].[Mn]. The summed E-state index contributed by atoms with van der Waals surface area (Å²) in [6.07, 6.45) is 0. The van der Waals surface area contributed by atoms with Crippen LogP contribution in [0.25, 0.3) is 0 Å². The molecule has 0 atom stereocenters. The van der Waals surface area contributed by atoms with Crippen molar-refractivity contribution in [1.29, 1.82) is 0 Å². The van der Waals surface area contributed by atoms with Crippen LogP contribution in [0.5, 0.6) is 0 Å². The predicted molar refractivity (Wildman–Crippen MR) is 13.3 cm³/mol. The normalized spacial score (nSPS) is 4.17. The molecule has 42 valence electrons. The summed E-state index contributed by atoms with van der Waals surface area (Å²) in [6.45, 7) is 1.08. The summed E-state index contributed by atoms with van der Waals surface area (Å²) in [6, 6.07) is 0. The fourth-order valence-corrected chi connectivity index (χ4v) is 0. The molecule has 0 heterocycles. The van der Waals surface area contributed by atoms with Crippen LogP contribution in [0.4, 0.5) is 0 Å². The Labute approximate surface area is 62.3 Å². The van der Waals surface area contributed by atoms with E-state index in [2.05, 4.69) is 0 Å². The third-order valence-corrected chi connectivity index (χ3v) is 0. The van der Waals surface area contributed by atoms with E-state index >= 15 is 0 Å². The molecular weight excluding hydrogens is 308 g/mol. The molecule has 0 saturated heterocycles. The molecule has 2 radical (unpaired) electrons. The molecule has 0 aliphatic rings. The van der Waals surface area contributed by atoms with Crippen LogP contribution in [0.1, 0.15) is 6.92 Å². The van der Waals surface area contributed by atoms with Gasteiger partial charge in [0.05, 0.1) is 0 Å². The quantitative estimate of drug-likeness (QED) is 0.644. The van der Waals surface area contributed by atoms with Gasteiger partial charge < -0.3 is 5.11 Å². The van der Waals surface area contributed by atoms with E-state index in [-0.39, 0.29) is 39.4 Å². The number of rotatable bonds is 0. The third kappa shape index (κ3) is 124. The third-order valence-electron chi connectivity index (χ3n) is 0. The second kappa shape index (κ2) is 9.21. The van der Waals surface area contributed by atoms with Gasteiger partial charge in [-0.3, -0.25) is 4.79 Å². The molecule has 0 aromatic carbocycles. The molecule has 0 amide bonds. The summed E-state index contributed by atoms with van der Waals surface area (Å²) < 4.78 is 0. The summed E-state index contributed by atoms with van der Waals surface area (Å²) in [4.78, 5) is 9.00. The minimum Gasteiger partial charge on any atom is -0.481 e. The molecule has 2 nitrogen and oxygen atoms in total. The van der Waals surface area contributed by atoms with Crippen LogP contribution in [-0.2, 0) is 44.2 Å². The van der Waals surface area contributed by atoms with Gasteiger partial charge in [-0.25, -0.2) is 0 Å². The van der Waals surface area contributed by atoms with Crippen molar-refractivity contribution in [3.8, 4) is 0 Å². The summed E-state index contributed by atoms with van der Waals surface area (Å²) in [5.41, 5.74) is 0. The summed E-state index contributed by atoms with van der Waals surface area (Å²) in [7, 11) is 0. The molecule has 0 aliphatic carbocycles. The molecular formula is C2H4AuMnO2. The van der Waals surface area contributed by atoms with Gasteiger partial charge in [0.25, 0.3) is 5.97 Å². The number of carboxylic acid groups (broad SMARTS) is 1. The number of carboxylic acids is 1. The van der Waals surface area contributed by atoms with Crippen LogP contribution in [0.3, 0.4) is 0 Å². The molecule has 0 aromatic rings. The first kappa shape index (κ1) is 15.9. The van der Waals surface area contributed by atoms with Gasteiger partial charge in [-0.1, -0.05) is 0 Å². The average Bonchev–Trinajstić information content (AvgIpc) is 0.811. The van der Waals surface area contributed by atoms with E-state index in [4.69, 9.17) is 9.90 Å². The Hall–Kier alpha value is 0.730. The fourth-order valence-electron chi connectivity index (χ4n) is 0. The van der Waals surface area contributed by atoms with E-state index in [1.54, 1.807) is 0 Å². The van der Waals surface area contributed by atoms with Crippen LogP contribution in [0, 0.1) is 0 Å². The number of carbonyl (C=O) groups is 1. The monoisotopic (exact) mass is 312 g/mol. The minimum atomic E-state index is -0.833. The zero-order valence-electron chi connectivity index (χ0n) is 3.03. The summed E-state index contributed by atoms with van der Waals surface area (Å²) in [5.74, 6) is -0.833. The van der Waals surface area contributed by atoms with E-state index in [0.717, 1.165) is 6.92 Å². The van der Waals surface area contributed by atoms with Crippen molar-refractivity contribution in [2.24, 2.45) is 0 Å². The summed E-state index contributed by atoms with van der Waals surface area (Å²) in [5, 5.41) is 7.42. The molecule has 4 heteroatoms. The molecule has 0 saturated carbocycles. The van der Waals surface area contributed by atoms with Crippen LogP contribution in [0.15, 0.2) is 0 Å². The van der Waals surface area contributed by atoms with Crippen LogP contribution in [0.2, 0.25) is 0 Å². The Morgan fingerprint density at radius 1 is 1.67 bits per heavy atom. The molecule has 0 aliphatic heterocycles. The van der Waals surface area contributed by atoms with Gasteiger partial charge in [0.15, 0.2) is 0 Å². The maximum absolute atomic E-state index is 9.00. The Kier molecular flexibility index (Phi) is 24.4. The molecule has 0 unspecified atom stereocenters. The minimum absolute atomic E-state index is 0. The largest absolute Gasteiger partial charge is 0.481 e. The molecule has 0 spiro atoms. The first-order chi connectivity index (χ1) is 1.73. The Morgan fingerprint density at radius 3 is 1.67 bits per heavy atom. The Bertz CT molecular complexity index is 34.5. The molecule has 6 heavy (non-hydrogen) atoms. The van der Waals surface area contributed by atoms with Crippen molar-refractivity contribution in [2.45, 2.75) is 6.92 Å². The second-order valence-corrected chi connectivity index (χ2v) is 0.519. The standard InChI is InChI=1S/C2H4O2.Au.Mn/c1-2(3)4;;/h1H3,(H,3,4);;.